The summed E-state index contributed by atoms with van der Waals surface area (Å²) in [6.45, 7) is 6.06. The van der Waals surface area contributed by atoms with E-state index in [-0.39, 0.29) is 0 Å². The molecule has 0 unspecified atom stereocenters. The minimum atomic E-state index is 0.295. The summed E-state index contributed by atoms with van der Waals surface area (Å²) in [4.78, 5) is 0. The maximum atomic E-state index is 5.62. The topological polar surface area (TPSA) is 52.0 Å². The Morgan fingerprint density at radius 1 is 1.10 bits per heavy atom. The fourth-order valence-electron chi connectivity index (χ4n) is 2.35. The predicted octanol–water partition coefficient (Wildman–Crippen LogP) is 0.710. The maximum Gasteiger partial charge on any atom is -0.000803 e. The molecule has 60 valence electrons. The first-order valence-corrected chi connectivity index (χ1v) is 3.94. The maximum absolute atomic E-state index is 5.62. The lowest BCUT2D eigenvalue weighted by Gasteiger charge is -2.52. The second-order valence-corrected chi connectivity index (χ2v) is 4.43. The highest BCUT2D eigenvalue weighted by molar-refractivity contribution is 4.99. The lowest BCUT2D eigenvalue weighted by molar-refractivity contribution is 0.00265. The highest BCUT2D eigenvalue weighted by atomic mass is 14.7. The Hall–Kier alpha value is -0.0800. The van der Waals surface area contributed by atoms with Crippen LogP contribution < -0.4 is 11.5 Å². The van der Waals surface area contributed by atoms with Gasteiger partial charge in [0.15, 0.2) is 0 Å². The Morgan fingerprint density at radius 3 is 1.60 bits per heavy atom. The number of hydrogen-bond donors (Lipinski definition) is 2. The van der Waals surface area contributed by atoms with Gasteiger partial charge >= 0.3 is 0 Å². The molecule has 0 atom stereocenters. The third-order valence-corrected chi connectivity index (χ3v) is 2.57. The molecule has 0 spiro atoms. The van der Waals surface area contributed by atoms with Crippen molar-refractivity contribution < 1.29 is 0 Å². The van der Waals surface area contributed by atoms with Gasteiger partial charge < -0.3 is 11.5 Å². The summed E-state index contributed by atoms with van der Waals surface area (Å²) in [5.41, 5.74) is 12.0. The van der Waals surface area contributed by atoms with Gasteiger partial charge in [-0.1, -0.05) is 13.8 Å². The zero-order valence-electron chi connectivity index (χ0n) is 6.98. The van der Waals surface area contributed by atoms with Gasteiger partial charge in [-0.25, -0.2) is 0 Å². The average molecular weight is 142 g/mol. The quantitative estimate of drug-likeness (QED) is 0.596. The average Bonchev–Trinajstić information content (AvgIpc) is 1.82. The molecular formula is C8H18N2. The van der Waals surface area contributed by atoms with Crippen molar-refractivity contribution in [1.29, 1.82) is 0 Å². The molecule has 10 heavy (non-hydrogen) atoms. The SMILES string of the molecule is CC1(C)CC(CN)(CN)C1. The van der Waals surface area contributed by atoms with Crippen LogP contribution in [-0.4, -0.2) is 13.1 Å². The molecule has 4 N–H and O–H groups in total. The molecule has 0 aliphatic heterocycles. The molecule has 2 nitrogen and oxygen atoms in total. The van der Waals surface area contributed by atoms with E-state index in [1.54, 1.807) is 0 Å². The zero-order valence-corrected chi connectivity index (χ0v) is 6.98. The molecule has 0 amide bonds. The highest BCUT2D eigenvalue weighted by Crippen LogP contribution is 2.52. The molecule has 0 aromatic carbocycles. The molecule has 0 radical (unpaired) electrons. The van der Waals surface area contributed by atoms with E-state index in [0.29, 0.717) is 10.8 Å². The third kappa shape index (κ3) is 1.18. The van der Waals surface area contributed by atoms with E-state index in [1.807, 2.05) is 0 Å². The molecular weight excluding hydrogens is 124 g/mol. The number of hydrogen-bond acceptors (Lipinski definition) is 2. The molecule has 0 bridgehead atoms. The van der Waals surface area contributed by atoms with E-state index < -0.39 is 0 Å². The summed E-state index contributed by atoms with van der Waals surface area (Å²) < 4.78 is 0. The highest BCUT2D eigenvalue weighted by Gasteiger charge is 2.46. The van der Waals surface area contributed by atoms with Crippen LogP contribution in [0.15, 0.2) is 0 Å². The minimum Gasteiger partial charge on any atom is -0.330 e. The second-order valence-electron chi connectivity index (χ2n) is 4.43. The first-order valence-electron chi connectivity index (χ1n) is 3.94. The smallest absolute Gasteiger partial charge is 0.000803 e. The van der Waals surface area contributed by atoms with E-state index in [4.69, 9.17) is 11.5 Å². The monoisotopic (exact) mass is 142 g/mol. The minimum absolute atomic E-state index is 0.295. The molecule has 0 aromatic heterocycles. The molecule has 2 heteroatoms. The van der Waals surface area contributed by atoms with E-state index >= 15 is 0 Å². The summed E-state index contributed by atoms with van der Waals surface area (Å²) >= 11 is 0. The van der Waals surface area contributed by atoms with Gasteiger partial charge in [0, 0.05) is 0 Å². The summed E-state index contributed by atoms with van der Waals surface area (Å²) in [6.07, 6.45) is 2.40. The zero-order chi connectivity index (χ0) is 7.83. The van der Waals surface area contributed by atoms with Crippen LogP contribution in [0, 0.1) is 10.8 Å². The van der Waals surface area contributed by atoms with Gasteiger partial charge in [-0.05, 0) is 36.8 Å². The van der Waals surface area contributed by atoms with Crippen LogP contribution in [0.25, 0.3) is 0 Å². The van der Waals surface area contributed by atoms with Crippen LogP contribution in [0.2, 0.25) is 0 Å². The molecule has 1 saturated carbocycles. The Labute approximate surface area is 63.0 Å². The predicted molar refractivity (Wildman–Crippen MR) is 43.6 cm³/mol. The van der Waals surface area contributed by atoms with Crippen molar-refractivity contribution in [2.24, 2.45) is 22.3 Å². The normalized spacial score (nSPS) is 27.6. The first kappa shape index (κ1) is 8.02. The van der Waals surface area contributed by atoms with Gasteiger partial charge in [-0.3, -0.25) is 0 Å². The van der Waals surface area contributed by atoms with Crippen molar-refractivity contribution in [3.63, 3.8) is 0 Å². The molecule has 0 heterocycles. The van der Waals surface area contributed by atoms with Crippen LogP contribution in [0.4, 0.5) is 0 Å². The van der Waals surface area contributed by atoms with E-state index in [0.717, 1.165) is 13.1 Å². The Morgan fingerprint density at radius 2 is 1.50 bits per heavy atom. The standard InChI is InChI=1S/C8H18N2/c1-7(2)3-8(4-7,5-9)6-10/h3-6,9-10H2,1-2H3. The van der Waals surface area contributed by atoms with Crippen molar-refractivity contribution in [1.82, 2.24) is 0 Å². The van der Waals surface area contributed by atoms with Crippen LogP contribution in [0.3, 0.4) is 0 Å². The van der Waals surface area contributed by atoms with Crippen molar-refractivity contribution in [2.75, 3.05) is 13.1 Å². The molecule has 0 aromatic rings. The summed E-state index contributed by atoms with van der Waals surface area (Å²) in [5.74, 6) is 0. The summed E-state index contributed by atoms with van der Waals surface area (Å²) in [6, 6.07) is 0. The molecule has 1 aliphatic rings. The Balaban J connectivity index is 2.46. The van der Waals surface area contributed by atoms with Crippen molar-refractivity contribution in [3.8, 4) is 0 Å². The lowest BCUT2D eigenvalue weighted by atomic mass is 9.54. The van der Waals surface area contributed by atoms with Gasteiger partial charge in [-0.15, -0.1) is 0 Å². The Bertz CT molecular complexity index is 115. The number of nitrogens with two attached hydrogens (primary N) is 2. The molecule has 1 aliphatic carbocycles. The second kappa shape index (κ2) is 2.21. The van der Waals surface area contributed by atoms with Crippen LogP contribution >= 0.6 is 0 Å². The van der Waals surface area contributed by atoms with Crippen molar-refractivity contribution in [3.05, 3.63) is 0 Å². The van der Waals surface area contributed by atoms with Crippen LogP contribution in [-0.2, 0) is 0 Å². The van der Waals surface area contributed by atoms with E-state index in [9.17, 15) is 0 Å². The van der Waals surface area contributed by atoms with Gasteiger partial charge in [0.05, 0.1) is 0 Å². The van der Waals surface area contributed by atoms with E-state index in [1.165, 1.54) is 12.8 Å². The van der Waals surface area contributed by atoms with Gasteiger partial charge in [-0.2, -0.15) is 0 Å². The molecule has 1 fully saturated rings. The van der Waals surface area contributed by atoms with Gasteiger partial charge in [0.25, 0.3) is 0 Å². The fraction of sp³-hybridized carbons (Fsp3) is 1.00. The Kier molecular flexibility index (Phi) is 1.77. The molecule has 1 rings (SSSR count). The number of rotatable bonds is 2. The lowest BCUT2D eigenvalue weighted by Crippen LogP contribution is -2.52. The van der Waals surface area contributed by atoms with Crippen molar-refractivity contribution >= 4 is 0 Å². The van der Waals surface area contributed by atoms with Crippen LogP contribution in [0.1, 0.15) is 26.7 Å². The first-order chi connectivity index (χ1) is 4.54. The fourth-order valence-corrected chi connectivity index (χ4v) is 2.35. The molecule has 0 saturated heterocycles. The van der Waals surface area contributed by atoms with Crippen molar-refractivity contribution in [2.45, 2.75) is 26.7 Å². The summed E-state index contributed by atoms with van der Waals surface area (Å²) in [5, 5.41) is 0. The van der Waals surface area contributed by atoms with Gasteiger partial charge in [0.2, 0.25) is 0 Å². The van der Waals surface area contributed by atoms with Crippen LogP contribution in [0.5, 0.6) is 0 Å². The van der Waals surface area contributed by atoms with E-state index in [2.05, 4.69) is 13.8 Å². The summed E-state index contributed by atoms with van der Waals surface area (Å²) in [7, 11) is 0. The van der Waals surface area contributed by atoms with Gasteiger partial charge in [0.1, 0.15) is 0 Å². The third-order valence-electron chi connectivity index (χ3n) is 2.57. The largest absolute Gasteiger partial charge is 0.330 e.